The number of nitrogens with one attached hydrogen (secondary N) is 1. The van der Waals surface area contributed by atoms with Crippen molar-refractivity contribution in [2.24, 2.45) is 0 Å². The van der Waals surface area contributed by atoms with E-state index < -0.39 is 23.7 Å². The Balaban J connectivity index is 2.29. The quantitative estimate of drug-likeness (QED) is 0.415. The van der Waals surface area contributed by atoms with Gasteiger partial charge in [0.1, 0.15) is 0 Å². The Hall–Kier alpha value is -3.34. The number of hydrogen-bond donors (Lipinski definition) is 2. The zero-order valence-electron chi connectivity index (χ0n) is 17.9. The molecule has 0 fully saturated rings. The zero-order valence-corrected chi connectivity index (χ0v) is 17.9. The molecule has 8 nitrogen and oxygen atoms in total. The van der Waals surface area contributed by atoms with Crippen LogP contribution < -0.4 is 20.1 Å². The van der Waals surface area contributed by atoms with Crippen molar-refractivity contribution in [3.05, 3.63) is 53.9 Å². The lowest BCUT2D eigenvalue weighted by Crippen LogP contribution is -3.07. The van der Waals surface area contributed by atoms with Gasteiger partial charge in [0.2, 0.25) is 0 Å². The first-order valence-corrected chi connectivity index (χ1v) is 9.70. The van der Waals surface area contributed by atoms with Crippen molar-refractivity contribution in [3.63, 3.8) is 0 Å². The molecule has 0 radical (unpaired) electrons. The normalized spacial score (nSPS) is 13.1. The third-order valence-electron chi connectivity index (χ3n) is 4.61. The van der Waals surface area contributed by atoms with Gasteiger partial charge in [0.05, 0.1) is 32.9 Å². The minimum Gasteiger partial charge on any atom is -0.493 e. The van der Waals surface area contributed by atoms with Crippen LogP contribution in [0, 0.1) is 0 Å². The van der Waals surface area contributed by atoms with Gasteiger partial charge >= 0.3 is 17.8 Å². The van der Waals surface area contributed by atoms with Crippen LogP contribution in [0.2, 0.25) is 0 Å². The topological polar surface area (TPSA) is 103 Å². The lowest BCUT2D eigenvalue weighted by Gasteiger charge is -2.31. The Morgan fingerprint density at radius 2 is 1.84 bits per heavy atom. The summed E-state index contributed by atoms with van der Waals surface area (Å²) in [6, 6.07) is 7.61. The number of pyridine rings is 1. The molecule has 0 spiro atoms. The van der Waals surface area contributed by atoms with E-state index >= 15 is 0 Å². The van der Waals surface area contributed by atoms with Crippen molar-refractivity contribution in [2.45, 2.75) is 25.2 Å². The zero-order chi connectivity index (χ0) is 23.8. The van der Waals surface area contributed by atoms with Crippen molar-refractivity contribution in [1.82, 2.24) is 10.3 Å². The van der Waals surface area contributed by atoms with Crippen LogP contribution in [-0.4, -0.2) is 56.1 Å². The van der Waals surface area contributed by atoms with Crippen molar-refractivity contribution in [1.29, 1.82) is 0 Å². The highest BCUT2D eigenvalue weighted by molar-refractivity contribution is 5.97. The van der Waals surface area contributed by atoms with Crippen LogP contribution in [0.15, 0.2) is 42.7 Å². The number of amides is 1. The third kappa shape index (κ3) is 5.67. The molecular weight excluding hydrogens is 431 g/mol. The van der Waals surface area contributed by atoms with E-state index in [0.717, 1.165) is 11.5 Å². The van der Waals surface area contributed by atoms with Gasteiger partial charge in [-0.15, -0.1) is 0 Å². The average Bonchev–Trinajstić information content (AvgIpc) is 2.78. The monoisotopic (exact) mass is 456 g/mol. The Morgan fingerprint density at radius 3 is 2.41 bits per heavy atom. The summed E-state index contributed by atoms with van der Waals surface area (Å²) in [7, 11) is 2.91. The van der Waals surface area contributed by atoms with Gasteiger partial charge in [-0.25, -0.2) is 4.79 Å². The van der Waals surface area contributed by atoms with E-state index in [1.807, 2.05) is 5.32 Å². The molecule has 1 atom stereocenters. The molecule has 0 aliphatic heterocycles. The number of quaternary nitrogens is 1. The van der Waals surface area contributed by atoms with Crippen LogP contribution in [-0.2, 0) is 16.0 Å². The van der Waals surface area contributed by atoms with Crippen molar-refractivity contribution in [2.75, 3.05) is 27.4 Å². The van der Waals surface area contributed by atoms with Crippen molar-refractivity contribution < 1.29 is 42.3 Å². The predicted molar refractivity (Wildman–Crippen MR) is 107 cm³/mol. The van der Waals surface area contributed by atoms with E-state index in [4.69, 9.17) is 9.47 Å². The molecule has 0 aliphatic carbocycles. The number of aromatic nitrogens is 1. The SMILES string of the molecule is CCOC(=O)[C@](NC(=O)c1cccnc1)([NH2+]CCc1ccc(OC)c(OC)c1)C(F)(F)F. The van der Waals surface area contributed by atoms with E-state index in [1.54, 1.807) is 18.2 Å². The van der Waals surface area contributed by atoms with E-state index in [9.17, 15) is 22.8 Å². The average molecular weight is 456 g/mol. The maximum absolute atomic E-state index is 14.2. The summed E-state index contributed by atoms with van der Waals surface area (Å²) in [5.41, 5.74) is -2.80. The van der Waals surface area contributed by atoms with E-state index in [0.29, 0.717) is 17.1 Å². The van der Waals surface area contributed by atoms with Gasteiger partial charge in [-0.2, -0.15) is 13.2 Å². The van der Waals surface area contributed by atoms with E-state index in [1.165, 1.54) is 39.5 Å². The Labute approximate surface area is 183 Å². The smallest absolute Gasteiger partial charge is 0.478 e. The standard InChI is InChI=1S/C21H24F3N3O5/c1-4-32-19(29)20(21(22,23)24,27-18(28)15-6-5-10-25-13-15)26-11-9-14-7-8-16(30-2)17(12-14)31-3/h5-8,10,12-13,26H,4,9,11H2,1-3H3,(H,27,28)/p+1/t20-/m1/s1. The van der Waals surface area contributed by atoms with E-state index in [2.05, 4.69) is 9.72 Å². The number of carbonyl (C=O) groups excluding carboxylic acids is 2. The molecule has 3 N–H and O–H groups in total. The second-order valence-corrected chi connectivity index (χ2v) is 6.65. The van der Waals surface area contributed by atoms with E-state index in [-0.39, 0.29) is 25.1 Å². The molecule has 32 heavy (non-hydrogen) atoms. The van der Waals surface area contributed by atoms with Gasteiger partial charge in [0.15, 0.2) is 11.5 Å². The second kappa shape index (κ2) is 10.8. The lowest BCUT2D eigenvalue weighted by molar-refractivity contribution is -0.743. The number of esters is 1. The molecule has 1 aromatic carbocycles. The predicted octanol–water partition coefficient (Wildman–Crippen LogP) is 1.46. The first-order valence-electron chi connectivity index (χ1n) is 9.70. The highest BCUT2D eigenvalue weighted by Crippen LogP contribution is 2.29. The molecule has 11 heteroatoms. The van der Waals surface area contributed by atoms with Crippen LogP contribution in [0.4, 0.5) is 13.2 Å². The number of halogens is 3. The molecule has 0 bridgehead atoms. The largest absolute Gasteiger partial charge is 0.493 e. The lowest BCUT2D eigenvalue weighted by atomic mass is 10.1. The molecular formula is C21H25F3N3O5+. The highest BCUT2D eigenvalue weighted by Gasteiger charge is 2.67. The molecule has 2 aromatic rings. The Bertz CT molecular complexity index is 925. The number of methoxy groups -OCH3 is 2. The molecule has 2 rings (SSSR count). The molecule has 0 saturated carbocycles. The van der Waals surface area contributed by atoms with Gasteiger partial charge in [-0.05, 0) is 36.8 Å². The van der Waals surface area contributed by atoms with Crippen molar-refractivity contribution >= 4 is 11.9 Å². The fourth-order valence-corrected chi connectivity index (χ4v) is 2.97. The van der Waals surface area contributed by atoms with Crippen molar-refractivity contribution in [3.8, 4) is 11.5 Å². The van der Waals surface area contributed by atoms with Gasteiger partial charge < -0.3 is 19.5 Å². The van der Waals surface area contributed by atoms with Gasteiger partial charge in [-0.1, -0.05) is 6.07 Å². The summed E-state index contributed by atoms with van der Waals surface area (Å²) >= 11 is 0. The minimum absolute atomic E-state index is 0.126. The number of ether oxygens (including phenoxy) is 3. The fraction of sp³-hybridized carbons (Fsp3) is 0.381. The maximum Gasteiger partial charge on any atom is 0.478 e. The number of rotatable bonds is 10. The van der Waals surface area contributed by atoms with Crippen LogP contribution >= 0.6 is 0 Å². The van der Waals surface area contributed by atoms with Gasteiger partial charge in [0, 0.05) is 18.8 Å². The van der Waals surface area contributed by atoms with Crippen LogP contribution in [0.1, 0.15) is 22.8 Å². The molecule has 1 heterocycles. The van der Waals surface area contributed by atoms with Crippen LogP contribution in [0.3, 0.4) is 0 Å². The molecule has 174 valence electrons. The van der Waals surface area contributed by atoms with Crippen LogP contribution in [0.5, 0.6) is 11.5 Å². The summed E-state index contributed by atoms with van der Waals surface area (Å²) in [5, 5.41) is 2.54. The third-order valence-corrected chi connectivity index (χ3v) is 4.61. The van der Waals surface area contributed by atoms with Gasteiger partial charge in [-0.3, -0.25) is 15.1 Å². The molecule has 1 amide bonds. The number of nitrogens with two attached hydrogens (primary N) is 1. The number of carbonyl (C=O) groups is 2. The fourth-order valence-electron chi connectivity index (χ4n) is 2.97. The summed E-state index contributed by atoms with van der Waals surface area (Å²) in [6.45, 7) is 0.898. The summed E-state index contributed by atoms with van der Waals surface area (Å²) in [5.74, 6) is -1.83. The number of hydrogen-bond acceptors (Lipinski definition) is 6. The summed E-state index contributed by atoms with van der Waals surface area (Å²) < 4.78 is 57.5. The first-order chi connectivity index (χ1) is 15.2. The Morgan fingerprint density at radius 1 is 1.12 bits per heavy atom. The molecule has 0 saturated heterocycles. The second-order valence-electron chi connectivity index (χ2n) is 6.65. The highest BCUT2D eigenvalue weighted by atomic mass is 19.4. The first kappa shape index (κ1) is 24.9. The number of benzene rings is 1. The number of nitrogens with zero attached hydrogens (tertiary/aromatic N) is 1. The molecule has 1 aromatic heterocycles. The summed E-state index contributed by atoms with van der Waals surface area (Å²) in [4.78, 5) is 28.7. The van der Waals surface area contributed by atoms with Gasteiger partial charge in [0.25, 0.3) is 5.91 Å². The summed E-state index contributed by atoms with van der Waals surface area (Å²) in [6.07, 6.45) is -2.53. The molecule has 0 unspecified atom stereocenters. The number of alkyl halides is 3. The van der Waals surface area contributed by atoms with Crippen LogP contribution in [0.25, 0.3) is 0 Å². The molecule has 0 aliphatic rings. The Kier molecular flexibility index (Phi) is 8.41. The maximum atomic E-state index is 14.2. The minimum atomic E-state index is -5.14.